The number of carbonyl (C=O) groups is 2. The molecule has 2 atom stereocenters. The molecule has 1 aromatic carbocycles. The Bertz CT molecular complexity index is 793. The summed E-state index contributed by atoms with van der Waals surface area (Å²) in [7, 11) is 1.37. The van der Waals surface area contributed by atoms with Crippen LogP contribution in [0.3, 0.4) is 0 Å². The van der Waals surface area contributed by atoms with Crippen LogP contribution in [0.5, 0.6) is 0 Å². The highest BCUT2D eigenvalue weighted by atomic mass is 16.6. The number of hydrogen-bond donors (Lipinski definition) is 2. The van der Waals surface area contributed by atoms with Gasteiger partial charge in [0.15, 0.2) is 0 Å². The third-order valence-corrected chi connectivity index (χ3v) is 6.15. The summed E-state index contributed by atoms with van der Waals surface area (Å²) in [5.41, 5.74) is 8.42. The SMILES string of the molecule is COC(=O)N1c2ccc(C(CN)CNC3CC3)cc2N(C(=O)OCC2CC2)C[C@@H]1C. The van der Waals surface area contributed by atoms with Crippen molar-refractivity contribution in [2.45, 2.75) is 50.6 Å². The summed E-state index contributed by atoms with van der Waals surface area (Å²) in [5.74, 6) is 0.620. The number of fused-ring (bicyclic) bond motifs is 1. The van der Waals surface area contributed by atoms with Crippen LogP contribution in [-0.4, -0.2) is 57.6 Å². The lowest BCUT2D eigenvalue weighted by Crippen LogP contribution is -2.52. The Labute approximate surface area is 177 Å². The molecule has 3 N–H and O–H groups in total. The van der Waals surface area contributed by atoms with Crippen molar-refractivity contribution in [2.75, 3.05) is 43.2 Å². The Morgan fingerprint density at radius 3 is 2.60 bits per heavy atom. The molecule has 164 valence electrons. The first-order chi connectivity index (χ1) is 14.5. The molecule has 0 bridgehead atoms. The van der Waals surface area contributed by atoms with Crippen LogP contribution in [0.4, 0.5) is 21.0 Å². The van der Waals surface area contributed by atoms with E-state index in [9.17, 15) is 9.59 Å². The first-order valence-corrected chi connectivity index (χ1v) is 10.9. The minimum atomic E-state index is -0.437. The van der Waals surface area contributed by atoms with E-state index in [0.29, 0.717) is 43.0 Å². The van der Waals surface area contributed by atoms with Gasteiger partial charge in [0.2, 0.25) is 0 Å². The van der Waals surface area contributed by atoms with E-state index in [1.807, 2.05) is 25.1 Å². The van der Waals surface area contributed by atoms with Gasteiger partial charge in [0.25, 0.3) is 0 Å². The molecular formula is C22H32N4O4. The summed E-state index contributed by atoms with van der Waals surface area (Å²) in [6.45, 7) is 4.00. The van der Waals surface area contributed by atoms with E-state index in [1.54, 1.807) is 9.80 Å². The molecule has 0 saturated heterocycles. The van der Waals surface area contributed by atoms with Crippen LogP contribution in [0, 0.1) is 5.92 Å². The Hall–Kier alpha value is -2.32. The predicted molar refractivity (Wildman–Crippen MR) is 115 cm³/mol. The van der Waals surface area contributed by atoms with Crippen molar-refractivity contribution in [1.29, 1.82) is 0 Å². The Balaban J connectivity index is 1.62. The molecule has 3 aliphatic rings. The van der Waals surface area contributed by atoms with Gasteiger partial charge in [-0.25, -0.2) is 9.59 Å². The van der Waals surface area contributed by atoms with E-state index < -0.39 is 6.09 Å². The largest absolute Gasteiger partial charge is 0.452 e. The molecule has 8 nitrogen and oxygen atoms in total. The van der Waals surface area contributed by atoms with Crippen LogP contribution < -0.4 is 20.9 Å². The quantitative estimate of drug-likeness (QED) is 0.709. The molecule has 0 spiro atoms. The highest BCUT2D eigenvalue weighted by Gasteiger charge is 2.37. The van der Waals surface area contributed by atoms with E-state index in [1.165, 1.54) is 20.0 Å². The Kier molecular flexibility index (Phi) is 6.15. The molecule has 30 heavy (non-hydrogen) atoms. The van der Waals surface area contributed by atoms with Crippen molar-refractivity contribution < 1.29 is 19.1 Å². The lowest BCUT2D eigenvalue weighted by molar-refractivity contribution is 0.147. The zero-order valence-electron chi connectivity index (χ0n) is 17.8. The van der Waals surface area contributed by atoms with Crippen LogP contribution in [0.2, 0.25) is 0 Å². The second kappa shape index (κ2) is 8.81. The molecular weight excluding hydrogens is 384 g/mol. The van der Waals surface area contributed by atoms with Crippen molar-refractivity contribution in [2.24, 2.45) is 11.7 Å². The van der Waals surface area contributed by atoms with E-state index in [4.69, 9.17) is 15.2 Å². The van der Waals surface area contributed by atoms with Crippen LogP contribution in [0.25, 0.3) is 0 Å². The lowest BCUT2D eigenvalue weighted by Gasteiger charge is -2.40. The fourth-order valence-electron chi connectivity index (χ4n) is 3.93. The summed E-state index contributed by atoms with van der Waals surface area (Å²) in [6, 6.07) is 6.22. The van der Waals surface area contributed by atoms with Crippen molar-refractivity contribution in [3.63, 3.8) is 0 Å². The minimum absolute atomic E-state index is 0.131. The van der Waals surface area contributed by atoms with E-state index in [2.05, 4.69) is 5.32 Å². The third kappa shape index (κ3) is 4.54. The van der Waals surface area contributed by atoms with E-state index in [0.717, 1.165) is 24.9 Å². The maximum atomic E-state index is 12.9. The summed E-state index contributed by atoms with van der Waals surface area (Å²) >= 11 is 0. The highest BCUT2D eigenvalue weighted by molar-refractivity contribution is 6.00. The van der Waals surface area contributed by atoms with Crippen molar-refractivity contribution in [1.82, 2.24) is 5.32 Å². The third-order valence-electron chi connectivity index (χ3n) is 6.15. The van der Waals surface area contributed by atoms with Crippen molar-refractivity contribution in [3.05, 3.63) is 23.8 Å². The number of hydrogen-bond acceptors (Lipinski definition) is 6. The fourth-order valence-corrected chi connectivity index (χ4v) is 3.93. The molecule has 8 heteroatoms. The molecule has 1 heterocycles. The Morgan fingerprint density at radius 2 is 1.97 bits per heavy atom. The molecule has 0 aromatic heterocycles. The van der Waals surface area contributed by atoms with Gasteiger partial charge in [0, 0.05) is 25.0 Å². The monoisotopic (exact) mass is 416 g/mol. The van der Waals surface area contributed by atoms with Gasteiger partial charge in [-0.3, -0.25) is 9.80 Å². The predicted octanol–water partition coefficient (Wildman–Crippen LogP) is 2.81. The number of benzene rings is 1. The van der Waals surface area contributed by atoms with Gasteiger partial charge in [0.05, 0.1) is 37.7 Å². The number of ether oxygens (including phenoxy) is 2. The second-order valence-corrected chi connectivity index (χ2v) is 8.68. The fraction of sp³-hybridized carbons (Fsp3) is 0.636. The number of nitrogens with two attached hydrogens (primary N) is 1. The van der Waals surface area contributed by atoms with Crippen LogP contribution in [0.15, 0.2) is 18.2 Å². The average Bonchev–Trinajstić information content (AvgIpc) is 3.66. The molecule has 1 unspecified atom stereocenters. The normalized spacial score (nSPS) is 21.8. The first-order valence-electron chi connectivity index (χ1n) is 10.9. The molecule has 1 aliphatic heterocycles. The van der Waals surface area contributed by atoms with Gasteiger partial charge in [-0.15, -0.1) is 0 Å². The highest BCUT2D eigenvalue weighted by Crippen LogP contribution is 2.39. The first kappa shape index (κ1) is 20.9. The van der Waals surface area contributed by atoms with Gasteiger partial charge in [-0.1, -0.05) is 6.07 Å². The Morgan fingerprint density at radius 1 is 1.20 bits per heavy atom. The number of methoxy groups -OCH3 is 1. The van der Waals surface area contributed by atoms with Crippen molar-refractivity contribution in [3.8, 4) is 0 Å². The van der Waals surface area contributed by atoms with Crippen LogP contribution in [-0.2, 0) is 9.47 Å². The van der Waals surface area contributed by atoms with Gasteiger partial charge < -0.3 is 20.5 Å². The summed E-state index contributed by atoms with van der Waals surface area (Å²) < 4.78 is 10.6. The molecule has 4 rings (SSSR count). The summed E-state index contributed by atoms with van der Waals surface area (Å²) in [6.07, 6.45) is 3.87. The van der Waals surface area contributed by atoms with Gasteiger partial charge in [0.1, 0.15) is 0 Å². The lowest BCUT2D eigenvalue weighted by atomic mass is 9.96. The van der Waals surface area contributed by atoms with Gasteiger partial charge >= 0.3 is 12.2 Å². The average molecular weight is 417 g/mol. The number of nitrogens with zero attached hydrogens (tertiary/aromatic N) is 2. The number of nitrogens with one attached hydrogen (secondary N) is 1. The molecule has 2 aliphatic carbocycles. The van der Waals surface area contributed by atoms with Gasteiger partial charge in [-0.05, 0) is 56.2 Å². The molecule has 2 amide bonds. The van der Waals surface area contributed by atoms with Crippen molar-refractivity contribution >= 4 is 23.6 Å². The standard InChI is InChI=1S/C22H32N4O4/c1-14-12-25(21(27)30-13-15-3-4-15)20-9-16(17(10-23)11-24-18-6-7-18)5-8-19(20)26(14)22(28)29-2/h5,8-9,14-15,17-18,24H,3-4,6-7,10-13,23H2,1-2H3/t14-,17?/m0/s1. The van der Waals surface area contributed by atoms with Gasteiger partial charge in [-0.2, -0.15) is 0 Å². The smallest absolute Gasteiger partial charge is 0.414 e. The number of carbonyl (C=O) groups excluding carboxylic acids is 2. The van der Waals surface area contributed by atoms with E-state index in [-0.39, 0.29) is 18.1 Å². The summed E-state index contributed by atoms with van der Waals surface area (Å²) in [4.78, 5) is 28.6. The van der Waals surface area contributed by atoms with Crippen LogP contribution >= 0.6 is 0 Å². The number of amides is 2. The van der Waals surface area contributed by atoms with E-state index >= 15 is 0 Å². The number of rotatable bonds is 7. The second-order valence-electron chi connectivity index (χ2n) is 8.68. The number of anilines is 2. The maximum Gasteiger partial charge on any atom is 0.414 e. The molecule has 2 saturated carbocycles. The molecule has 2 fully saturated rings. The summed E-state index contributed by atoms with van der Waals surface area (Å²) in [5, 5.41) is 3.53. The minimum Gasteiger partial charge on any atom is -0.452 e. The zero-order chi connectivity index (χ0) is 21.3. The van der Waals surface area contributed by atoms with Crippen LogP contribution in [0.1, 0.15) is 44.1 Å². The zero-order valence-corrected chi connectivity index (χ0v) is 17.8. The molecule has 1 aromatic rings. The maximum absolute atomic E-state index is 12.9. The topological polar surface area (TPSA) is 97.1 Å². The molecule has 0 radical (unpaired) electrons.